The Hall–Kier alpha value is -1.75. The van der Waals surface area contributed by atoms with Crippen LogP contribution in [0.2, 0.25) is 0 Å². The SMILES string of the molecule is Fc1cccc(Cc2c[nH]c3ncsc23)c1F. The molecule has 17 heavy (non-hydrogen) atoms. The van der Waals surface area contributed by atoms with Crippen molar-refractivity contribution in [2.24, 2.45) is 0 Å². The van der Waals surface area contributed by atoms with Crippen LogP contribution in [-0.2, 0) is 6.42 Å². The number of fused-ring (bicyclic) bond motifs is 1. The lowest BCUT2D eigenvalue weighted by molar-refractivity contribution is 0.501. The molecule has 5 heteroatoms. The summed E-state index contributed by atoms with van der Waals surface area (Å²) in [5.41, 5.74) is 3.82. The van der Waals surface area contributed by atoms with Crippen molar-refractivity contribution in [3.63, 3.8) is 0 Å². The van der Waals surface area contributed by atoms with Crippen LogP contribution in [0.3, 0.4) is 0 Å². The second-order valence-corrected chi connectivity index (χ2v) is 4.59. The summed E-state index contributed by atoms with van der Waals surface area (Å²) in [6.07, 6.45) is 2.16. The number of nitrogens with zero attached hydrogens (tertiary/aromatic N) is 1. The van der Waals surface area contributed by atoms with Crippen molar-refractivity contribution in [1.29, 1.82) is 0 Å². The van der Waals surface area contributed by atoms with E-state index < -0.39 is 11.6 Å². The number of hydrogen-bond acceptors (Lipinski definition) is 2. The fourth-order valence-corrected chi connectivity index (χ4v) is 2.59. The first-order chi connectivity index (χ1) is 8.25. The highest BCUT2D eigenvalue weighted by Gasteiger charge is 2.11. The van der Waals surface area contributed by atoms with Crippen molar-refractivity contribution in [3.05, 3.63) is 52.7 Å². The normalized spacial score (nSPS) is 11.2. The number of benzene rings is 1. The van der Waals surface area contributed by atoms with Crippen LogP contribution in [0.15, 0.2) is 29.9 Å². The van der Waals surface area contributed by atoms with Gasteiger partial charge in [0.05, 0.1) is 10.2 Å². The van der Waals surface area contributed by atoms with Gasteiger partial charge in [-0.25, -0.2) is 13.8 Å². The molecular weight excluding hydrogens is 242 g/mol. The number of aromatic nitrogens is 2. The Bertz CT molecular complexity index is 672. The lowest BCUT2D eigenvalue weighted by atomic mass is 10.1. The van der Waals surface area contributed by atoms with E-state index in [1.165, 1.54) is 17.4 Å². The topological polar surface area (TPSA) is 28.7 Å². The minimum Gasteiger partial charge on any atom is -0.345 e. The van der Waals surface area contributed by atoms with Crippen molar-refractivity contribution in [3.8, 4) is 0 Å². The van der Waals surface area contributed by atoms with Crippen LogP contribution in [-0.4, -0.2) is 9.97 Å². The van der Waals surface area contributed by atoms with Gasteiger partial charge < -0.3 is 4.98 Å². The summed E-state index contributed by atoms with van der Waals surface area (Å²) in [6, 6.07) is 4.24. The smallest absolute Gasteiger partial charge is 0.162 e. The van der Waals surface area contributed by atoms with Crippen molar-refractivity contribution < 1.29 is 8.78 Å². The number of halogens is 2. The molecule has 1 aromatic carbocycles. The molecule has 0 aliphatic carbocycles. The van der Waals surface area contributed by atoms with Gasteiger partial charge in [-0.1, -0.05) is 12.1 Å². The second-order valence-electron chi connectivity index (χ2n) is 3.73. The second kappa shape index (κ2) is 3.92. The summed E-state index contributed by atoms with van der Waals surface area (Å²) in [4.78, 5) is 7.12. The standard InChI is InChI=1S/C12H8F2N2S/c13-9-3-1-2-7(10(9)14)4-8-5-15-12-11(8)17-6-16-12/h1-3,5-6,15H,4H2. The Kier molecular flexibility index (Phi) is 2.40. The van der Waals surface area contributed by atoms with Crippen LogP contribution in [0.1, 0.15) is 11.1 Å². The van der Waals surface area contributed by atoms with Crippen LogP contribution < -0.4 is 0 Å². The van der Waals surface area contributed by atoms with E-state index in [1.807, 2.05) is 0 Å². The van der Waals surface area contributed by atoms with Gasteiger partial charge in [-0.05, 0) is 17.2 Å². The molecule has 2 aromatic heterocycles. The number of hydrogen-bond donors (Lipinski definition) is 1. The first-order valence-corrected chi connectivity index (χ1v) is 5.96. The third-order valence-corrected chi connectivity index (χ3v) is 3.56. The predicted molar refractivity (Wildman–Crippen MR) is 63.1 cm³/mol. The Morgan fingerprint density at radius 3 is 3.00 bits per heavy atom. The Morgan fingerprint density at radius 1 is 1.24 bits per heavy atom. The number of aromatic amines is 1. The zero-order chi connectivity index (χ0) is 11.8. The molecule has 0 atom stereocenters. The molecular formula is C12H8F2N2S. The summed E-state index contributed by atoms with van der Waals surface area (Å²) in [7, 11) is 0. The average molecular weight is 250 g/mol. The van der Waals surface area contributed by atoms with E-state index in [0.29, 0.717) is 12.0 Å². The van der Waals surface area contributed by atoms with Crippen molar-refractivity contribution in [2.75, 3.05) is 0 Å². The zero-order valence-electron chi connectivity index (χ0n) is 8.71. The van der Waals surface area contributed by atoms with Gasteiger partial charge in [-0.2, -0.15) is 0 Å². The van der Waals surface area contributed by atoms with E-state index in [1.54, 1.807) is 17.8 Å². The maximum absolute atomic E-state index is 13.5. The molecule has 0 aliphatic rings. The largest absolute Gasteiger partial charge is 0.345 e. The minimum atomic E-state index is -0.807. The molecule has 0 bridgehead atoms. The van der Waals surface area contributed by atoms with Gasteiger partial charge in [-0.15, -0.1) is 11.3 Å². The van der Waals surface area contributed by atoms with E-state index in [2.05, 4.69) is 9.97 Å². The van der Waals surface area contributed by atoms with Gasteiger partial charge in [0.25, 0.3) is 0 Å². The average Bonchev–Trinajstić information content (AvgIpc) is 2.89. The Morgan fingerprint density at radius 2 is 2.12 bits per heavy atom. The van der Waals surface area contributed by atoms with E-state index in [-0.39, 0.29) is 0 Å². The summed E-state index contributed by atoms with van der Waals surface area (Å²) in [6.45, 7) is 0. The van der Waals surface area contributed by atoms with Gasteiger partial charge in [0, 0.05) is 12.6 Å². The van der Waals surface area contributed by atoms with E-state index in [0.717, 1.165) is 22.0 Å². The maximum atomic E-state index is 13.5. The number of rotatable bonds is 2. The highest BCUT2D eigenvalue weighted by molar-refractivity contribution is 7.16. The molecule has 3 rings (SSSR count). The summed E-state index contributed by atoms with van der Waals surface area (Å²) in [5.74, 6) is -1.58. The first-order valence-electron chi connectivity index (χ1n) is 5.08. The molecule has 1 N–H and O–H groups in total. The molecule has 0 aliphatic heterocycles. The Balaban J connectivity index is 2.03. The molecule has 0 spiro atoms. The van der Waals surface area contributed by atoms with Gasteiger partial charge in [0.1, 0.15) is 5.65 Å². The fraction of sp³-hybridized carbons (Fsp3) is 0.0833. The molecule has 3 aromatic rings. The Labute approximate surface area is 99.9 Å². The highest BCUT2D eigenvalue weighted by Crippen LogP contribution is 2.25. The quantitative estimate of drug-likeness (QED) is 0.741. The molecule has 0 saturated heterocycles. The minimum absolute atomic E-state index is 0.360. The number of thiazole rings is 1. The highest BCUT2D eigenvalue weighted by atomic mass is 32.1. The van der Waals surface area contributed by atoms with E-state index in [9.17, 15) is 8.78 Å². The maximum Gasteiger partial charge on any atom is 0.162 e. The van der Waals surface area contributed by atoms with Crippen LogP contribution in [0.5, 0.6) is 0 Å². The lowest BCUT2D eigenvalue weighted by Gasteiger charge is -2.02. The van der Waals surface area contributed by atoms with Gasteiger partial charge in [0.2, 0.25) is 0 Å². The molecule has 0 amide bonds. The van der Waals surface area contributed by atoms with Crippen LogP contribution in [0.4, 0.5) is 8.78 Å². The molecule has 0 saturated carbocycles. The van der Waals surface area contributed by atoms with Gasteiger partial charge >= 0.3 is 0 Å². The van der Waals surface area contributed by atoms with Gasteiger partial charge in [-0.3, -0.25) is 0 Å². The van der Waals surface area contributed by atoms with Crippen LogP contribution in [0, 0.1) is 11.6 Å². The summed E-state index contributed by atoms with van der Waals surface area (Å²) in [5, 5.41) is 0. The number of nitrogens with one attached hydrogen (secondary N) is 1. The molecule has 86 valence electrons. The number of H-pyrrole nitrogens is 1. The van der Waals surface area contributed by atoms with Crippen LogP contribution in [0.25, 0.3) is 10.3 Å². The van der Waals surface area contributed by atoms with Crippen LogP contribution >= 0.6 is 11.3 Å². The fourth-order valence-electron chi connectivity index (χ4n) is 1.82. The first kappa shape index (κ1) is 10.4. The summed E-state index contributed by atoms with van der Waals surface area (Å²) < 4.78 is 27.6. The van der Waals surface area contributed by atoms with E-state index in [4.69, 9.17) is 0 Å². The molecule has 0 radical (unpaired) electrons. The van der Waals surface area contributed by atoms with E-state index >= 15 is 0 Å². The summed E-state index contributed by atoms with van der Waals surface area (Å²) >= 11 is 1.49. The van der Waals surface area contributed by atoms with Crippen molar-refractivity contribution in [2.45, 2.75) is 6.42 Å². The third-order valence-electron chi connectivity index (χ3n) is 2.65. The predicted octanol–water partition coefficient (Wildman–Crippen LogP) is 3.49. The van der Waals surface area contributed by atoms with Crippen molar-refractivity contribution in [1.82, 2.24) is 9.97 Å². The molecule has 0 fully saturated rings. The monoisotopic (exact) mass is 250 g/mol. The lowest BCUT2D eigenvalue weighted by Crippen LogP contribution is -1.94. The zero-order valence-corrected chi connectivity index (χ0v) is 9.52. The molecule has 2 nitrogen and oxygen atoms in total. The molecule has 0 unspecified atom stereocenters. The van der Waals surface area contributed by atoms with Crippen molar-refractivity contribution >= 4 is 21.7 Å². The third kappa shape index (κ3) is 1.72. The molecule has 2 heterocycles. The van der Waals surface area contributed by atoms with Gasteiger partial charge in [0.15, 0.2) is 11.6 Å².